The summed E-state index contributed by atoms with van der Waals surface area (Å²) in [5, 5.41) is 17.1. The van der Waals surface area contributed by atoms with Crippen LogP contribution in [0.1, 0.15) is 74.8 Å². The molecule has 0 aliphatic heterocycles. The molecule has 43 heavy (non-hydrogen) atoms. The van der Waals surface area contributed by atoms with Gasteiger partial charge in [0.2, 0.25) is 11.8 Å². The molecule has 10 heteroatoms. The molecule has 9 nitrogen and oxygen atoms in total. The van der Waals surface area contributed by atoms with Gasteiger partial charge in [0.05, 0.1) is 16.1 Å². The molecule has 1 aliphatic rings. The van der Waals surface area contributed by atoms with Crippen molar-refractivity contribution in [3.8, 4) is 0 Å². The van der Waals surface area contributed by atoms with Gasteiger partial charge in [-0.25, -0.2) is 0 Å². The minimum Gasteiger partial charge on any atom is -0.481 e. The van der Waals surface area contributed by atoms with E-state index in [0.29, 0.717) is 37.7 Å². The summed E-state index contributed by atoms with van der Waals surface area (Å²) in [5.41, 5.74) is 3.30. The zero-order valence-corrected chi connectivity index (χ0v) is 26.3. The quantitative estimate of drug-likeness (QED) is 0.206. The van der Waals surface area contributed by atoms with Crippen molar-refractivity contribution in [1.82, 2.24) is 15.2 Å². The average Bonchev–Trinajstić information content (AvgIpc) is 3.59. The third-order valence-electron chi connectivity index (χ3n) is 8.53. The van der Waals surface area contributed by atoms with E-state index in [4.69, 9.17) is 5.11 Å². The van der Waals surface area contributed by atoms with Crippen molar-refractivity contribution in [3.05, 3.63) is 53.0 Å². The summed E-state index contributed by atoms with van der Waals surface area (Å²) in [6.45, 7) is 7.37. The average molecular weight is 609 g/mol. The fourth-order valence-corrected chi connectivity index (χ4v) is 6.69. The molecule has 0 bridgehead atoms. The number of carbonyl (C=O) groups excluding carboxylic acids is 3. The first-order chi connectivity index (χ1) is 20.7. The number of unbranched alkanes of at least 4 members (excludes halogenated alkanes) is 1. The van der Waals surface area contributed by atoms with Gasteiger partial charge >= 0.3 is 5.97 Å². The summed E-state index contributed by atoms with van der Waals surface area (Å²) < 4.78 is 2.80. The Morgan fingerprint density at radius 2 is 1.84 bits per heavy atom. The largest absolute Gasteiger partial charge is 0.481 e. The number of hydrogen-bond donors (Lipinski definition) is 3. The number of rotatable bonds is 14. The van der Waals surface area contributed by atoms with Crippen molar-refractivity contribution < 1.29 is 24.3 Å². The number of thiophene rings is 1. The summed E-state index contributed by atoms with van der Waals surface area (Å²) in [6.07, 6.45) is 5.48. The van der Waals surface area contributed by atoms with E-state index in [1.807, 2.05) is 60.2 Å². The summed E-state index contributed by atoms with van der Waals surface area (Å²) in [7, 11) is 0. The summed E-state index contributed by atoms with van der Waals surface area (Å²) in [6, 6.07) is 11.7. The van der Waals surface area contributed by atoms with Gasteiger partial charge in [0, 0.05) is 31.2 Å². The van der Waals surface area contributed by atoms with Crippen molar-refractivity contribution in [2.45, 2.75) is 72.3 Å². The Bertz CT molecular complexity index is 1420. The summed E-state index contributed by atoms with van der Waals surface area (Å²) in [5.74, 6) is -1.04. The predicted octanol–water partition coefficient (Wildman–Crippen LogP) is 5.61. The number of benzene rings is 1. The highest BCUT2D eigenvalue weighted by Gasteiger charge is 2.27. The van der Waals surface area contributed by atoms with E-state index in [0.717, 1.165) is 60.0 Å². The van der Waals surface area contributed by atoms with Crippen LogP contribution in [-0.2, 0) is 20.9 Å². The van der Waals surface area contributed by atoms with E-state index < -0.39 is 5.97 Å². The van der Waals surface area contributed by atoms with Gasteiger partial charge in [-0.15, -0.1) is 11.3 Å². The topological polar surface area (TPSA) is 121 Å². The molecule has 3 N–H and O–H groups in total. The molecule has 0 spiro atoms. The number of fused-ring (bicyclic) bond motifs is 1. The maximum absolute atomic E-state index is 13.5. The summed E-state index contributed by atoms with van der Waals surface area (Å²) in [4.78, 5) is 52.1. The van der Waals surface area contributed by atoms with Crippen molar-refractivity contribution in [1.29, 1.82) is 0 Å². The number of nitrogens with zero attached hydrogens (tertiary/aromatic N) is 2. The standard InChI is InChI=1S/C33H44N4O5S/c1-4-36(26-10-7-8-22(2)18-26)30(38)21-37-27-15-17-43-29(27)19-28(37)32(40)35-20-24-11-13-25(14-12-24)31(39)34-16-6-5-9-23(3)33(41)42/h7-8,10,15,17-19,23-25H,4-6,9,11-14,16,20-21H2,1-3H3,(H,34,39)(H,35,40)(H,41,42). The zero-order chi connectivity index (χ0) is 30.9. The molecule has 4 rings (SSSR count). The fraction of sp³-hybridized carbons (Fsp3) is 0.515. The predicted molar refractivity (Wildman–Crippen MR) is 170 cm³/mol. The van der Waals surface area contributed by atoms with Crippen LogP contribution in [0.3, 0.4) is 0 Å². The molecule has 3 amide bonds. The zero-order valence-electron chi connectivity index (χ0n) is 25.4. The van der Waals surface area contributed by atoms with Gasteiger partial charge in [0.1, 0.15) is 12.2 Å². The second-order valence-corrected chi connectivity index (χ2v) is 12.7. The summed E-state index contributed by atoms with van der Waals surface area (Å²) >= 11 is 1.55. The van der Waals surface area contributed by atoms with E-state index in [1.165, 1.54) is 0 Å². The van der Waals surface area contributed by atoms with Gasteiger partial charge in [-0.2, -0.15) is 0 Å². The Labute approximate surface area is 257 Å². The second-order valence-electron chi connectivity index (χ2n) is 11.7. The van der Waals surface area contributed by atoms with Crippen LogP contribution in [0.4, 0.5) is 5.69 Å². The lowest BCUT2D eigenvalue weighted by atomic mass is 9.81. The molecule has 3 aromatic rings. The van der Waals surface area contributed by atoms with Crippen LogP contribution < -0.4 is 15.5 Å². The number of carboxylic acids is 1. The number of aryl methyl sites for hydroxylation is 1. The number of anilines is 1. The van der Waals surface area contributed by atoms with Gasteiger partial charge in [-0.1, -0.05) is 25.5 Å². The first-order valence-corrected chi connectivity index (χ1v) is 16.3. The number of likely N-dealkylation sites (N-methyl/N-ethyl adjacent to an activating group) is 1. The molecule has 0 saturated heterocycles. The van der Waals surface area contributed by atoms with E-state index in [2.05, 4.69) is 10.6 Å². The lowest BCUT2D eigenvalue weighted by Crippen LogP contribution is -2.37. The highest BCUT2D eigenvalue weighted by Crippen LogP contribution is 2.29. The number of aliphatic carboxylic acids is 1. The number of nitrogens with one attached hydrogen (secondary N) is 2. The van der Waals surface area contributed by atoms with E-state index in [9.17, 15) is 19.2 Å². The van der Waals surface area contributed by atoms with Crippen LogP contribution >= 0.6 is 11.3 Å². The molecule has 1 aliphatic carbocycles. The van der Waals surface area contributed by atoms with E-state index in [1.54, 1.807) is 23.2 Å². The van der Waals surface area contributed by atoms with Crippen LogP contribution in [0, 0.1) is 24.7 Å². The smallest absolute Gasteiger partial charge is 0.306 e. The third-order valence-corrected chi connectivity index (χ3v) is 9.39. The fourth-order valence-electron chi connectivity index (χ4n) is 5.87. The number of carboxylic acid groups (broad SMARTS) is 1. The van der Waals surface area contributed by atoms with Gasteiger partial charge in [0.15, 0.2) is 0 Å². The number of aromatic nitrogens is 1. The normalized spacial score (nSPS) is 17.4. The second kappa shape index (κ2) is 15.2. The Balaban J connectivity index is 1.27. The minimum atomic E-state index is -0.780. The Morgan fingerprint density at radius 3 is 2.53 bits per heavy atom. The van der Waals surface area contributed by atoms with Crippen LogP contribution in [0.2, 0.25) is 0 Å². The Hall–Kier alpha value is -3.66. The van der Waals surface area contributed by atoms with Gasteiger partial charge < -0.3 is 25.2 Å². The molecule has 1 atom stereocenters. The maximum Gasteiger partial charge on any atom is 0.306 e. The first kappa shape index (κ1) is 32.3. The van der Waals surface area contributed by atoms with Crippen LogP contribution in [0.25, 0.3) is 10.2 Å². The van der Waals surface area contributed by atoms with Gasteiger partial charge in [0.25, 0.3) is 5.91 Å². The molecule has 1 saturated carbocycles. The van der Waals surface area contributed by atoms with Crippen molar-refractivity contribution in [2.24, 2.45) is 17.8 Å². The highest BCUT2D eigenvalue weighted by molar-refractivity contribution is 7.17. The molecule has 2 heterocycles. The lowest BCUT2D eigenvalue weighted by Gasteiger charge is -2.28. The highest BCUT2D eigenvalue weighted by atomic mass is 32.1. The molecule has 1 fully saturated rings. The molecular formula is C33H44N4O5S. The van der Waals surface area contributed by atoms with Crippen molar-refractivity contribution in [2.75, 3.05) is 24.5 Å². The van der Waals surface area contributed by atoms with E-state index in [-0.39, 0.29) is 36.1 Å². The molecule has 1 unspecified atom stereocenters. The van der Waals surface area contributed by atoms with Crippen LogP contribution in [0.15, 0.2) is 41.8 Å². The number of hydrogen-bond acceptors (Lipinski definition) is 5. The maximum atomic E-state index is 13.5. The Morgan fingerprint density at radius 1 is 1.07 bits per heavy atom. The molecule has 0 radical (unpaired) electrons. The van der Waals surface area contributed by atoms with Crippen LogP contribution in [0.5, 0.6) is 0 Å². The van der Waals surface area contributed by atoms with Crippen molar-refractivity contribution in [3.63, 3.8) is 0 Å². The molecule has 232 valence electrons. The third kappa shape index (κ3) is 8.46. The minimum absolute atomic E-state index is 0.0187. The monoisotopic (exact) mass is 608 g/mol. The number of amides is 3. The van der Waals surface area contributed by atoms with Gasteiger partial charge in [-0.3, -0.25) is 19.2 Å². The van der Waals surface area contributed by atoms with Gasteiger partial charge in [-0.05, 0) is 93.5 Å². The first-order valence-electron chi connectivity index (χ1n) is 15.4. The Kier molecular flexibility index (Phi) is 11.4. The molecular weight excluding hydrogens is 564 g/mol. The molecule has 2 aromatic heterocycles. The van der Waals surface area contributed by atoms with E-state index >= 15 is 0 Å². The lowest BCUT2D eigenvalue weighted by molar-refractivity contribution is -0.141. The number of carbonyl (C=O) groups is 4. The van der Waals surface area contributed by atoms with Crippen LogP contribution in [-0.4, -0.2) is 53.0 Å². The SMILES string of the molecule is CCN(C(=O)Cn1c(C(=O)NCC2CCC(C(=O)NCCCCC(C)C(=O)O)CC2)cc2sccc21)c1cccc(C)c1. The molecule has 1 aromatic carbocycles. The van der Waals surface area contributed by atoms with Crippen molar-refractivity contribution >= 4 is 50.9 Å².